The van der Waals surface area contributed by atoms with Crippen LogP contribution >= 0.6 is 0 Å². The maximum Gasteiger partial charge on any atom is 0.234 e. The Kier molecular flexibility index (Phi) is 9.00. The first-order valence-electron chi connectivity index (χ1n) is 10.7. The second kappa shape index (κ2) is 11.9. The van der Waals surface area contributed by atoms with Gasteiger partial charge in [-0.25, -0.2) is 0 Å². The molecule has 9 nitrogen and oxygen atoms in total. The largest absolute Gasteiger partial charge is 0.394 e. The normalized spacial score (nSPS) is 24.9. The third-order valence-corrected chi connectivity index (χ3v) is 5.47. The number of hydrogen-bond acceptors (Lipinski definition) is 7. The third kappa shape index (κ3) is 7.32. The highest BCUT2D eigenvalue weighted by molar-refractivity contribution is 5.78. The van der Waals surface area contributed by atoms with Crippen LogP contribution < -0.4 is 10.6 Å². The van der Waals surface area contributed by atoms with Crippen molar-refractivity contribution in [2.24, 2.45) is 0 Å². The molecule has 3 atom stereocenters. The van der Waals surface area contributed by atoms with E-state index in [1.165, 1.54) is 0 Å². The molecule has 166 valence electrons. The summed E-state index contributed by atoms with van der Waals surface area (Å²) in [6.07, 6.45) is 3.55. The van der Waals surface area contributed by atoms with E-state index in [2.05, 4.69) is 20.5 Å². The van der Waals surface area contributed by atoms with Gasteiger partial charge in [0.1, 0.15) is 6.10 Å². The smallest absolute Gasteiger partial charge is 0.234 e. The SMILES string of the molecule is O=C(CN1CCOCC1)NCC[C@@H]1CC[C@H](NC(=O)Cc2ccccn2)[C@H](CO)O1. The first-order chi connectivity index (χ1) is 14.6. The van der Waals surface area contributed by atoms with Crippen LogP contribution in [0.2, 0.25) is 0 Å². The van der Waals surface area contributed by atoms with E-state index in [4.69, 9.17) is 9.47 Å². The highest BCUT2D eigenvalue weighted by Gasteiger charge is 2.31. The Morgan fingerprint density at radius 3 is 2.77 bits per heavy atom. The molecule has 3 heterocycles. The topological polar surface area (TPSA) is 113 Å². The number of rotatable bonds is 9. The number of aliphatic hydroxyl groups excluding tert-OH is 1. The molecule has 1 aromatic heterocycles. The van der Waals surface area contributed by atoms with Gasteiger partial charge in [0.15, 0.2) is 0 Å². The van der Waals surface area contributed by atoms with E-state index >= 15 is 0 Å². The lowest BCUT2D eigenvalue weighted by molar-refractivity contribution is -0.129. The maximum atomic E-state index is 12.3. The van der Waals surface area contributed by atoms with Gasteiger partial charge in [-0.2, -0.15) is 0 Å². The monoisotopic (exact) mass is 420 g/mol. The first kappa shape index (κ1) is 22.6. The average molecular weight is 421 g/mol. The molecule has 2 aliphatic heterocycles. The number of aromatic nitrogens is 1. The van der Waals surface area contributed by atoms with Crippen LogP contribution in [-0.2, 0) is 25.5 Å². The molecule has 3 N–H and O–H groups in total. The van der Waals surface area contributed by atoms with Crippen molar-refractivity contribution in [2.75, 3.05) is 46.0 Å². The Balaban J connectivity index is 1.35. The lowest BCUT2D eigenvalue weighted by Crippen LogP contribution is -2.51. The van der Waals surface area contributed by atoms with Crippen LogP contribution in [-0.4, -0.2) is 91.1 Å². The molecule has 0 spiro atoms. The fourth-order valence-electron chi connectivity index (χ4n) is 3.83. The van der Waals surface area contributed by atoms with Crippen LogP contribution in [0.1, 0.15) is 25.0 Å². The summed E-state index contributed by atoms with van der Waals surface area (Å²) in [7, 11) is 0. The number of hydrogen-bond donors (Lipinski definition) is 3. The average Bonchev–Trinajstić information content (AvgIpc) is 2.76. The summed E-state index contributed by atoms with van der Waals surface area (Å²) >= 11 is 0. The van der Waals surface area contributed by atoms with Crippen molar-refractivity contribution in [1.29, 1.82) is 0 Å². The van der Waals surface area contributed by atoms with E-state index in [-0.39, 0.29) is 37.0 Å². The van der Waals surface area contributed by atoms with Gasteiger partial charge >= 0.3 is 0 Å². The lowest BCUT2D eigenvalue weighted by atomic mass is 9.97. The summed E-state index contributed by atoms with van der Waals surface area (Å²) in [6.45, 7) is 3.67. The van der Waals surface area contributed by atoms with Crippen LogP contribution in [0.4, 0.5) is 0 Å². The van der Waals surface area contributed by atoms with E-state index in [0.29, 0.717) is 38.4 Å². The zero-order valence-corrected chi connectivity index (χ0v) is 17.3. The quantitative estimate of drug-likeness (QED) is 0.493. The predicted molar refractivity (Wildman–Crippen MR) is 110 cm³/mol. The number of pyridine rings is 1. The molecule has 0 bridgehead atoms. The van der Waals surface area contributed by atoms with Crippen LogP contribution in [0, 0.1) is 0 Å². The molecule has 0 unspecified atom stereocenters. The zero-order valence-electron chi connectivity index (χ0n) is 17.3. The minimum atomic E-state index is -0.444. The van der Waals surface area contributed by atoms with Crippen molar-refractivity contribution in [2.45, 2.75) is 43.9 Å². The summed E-state index contributed by atoms with van der Waals surface area (Å²) in [5, 5.41) is 15.6. The van der Waals surface area contributed by atoms with Crippen molar-refractivity contribution < 1.29 is 24.2 Å². The van der Waals surface area contributed by atoms with Gasteiger partial charge in [-0.05, 0) is 31.4 Å². The van der Waals surface area contributed by atoms with Crippen LogP contribution in [0.15, 0.2) is 24.4 Å². The molecule has 0 saturated carbocycles. The summed E-state index contributed by atoms with van der Waals surface area (Å²) in [4.78, 5) is 30.6. The second-order valence-corrected chi connectivity index (χ2v) is 7.76. The molecule has 1 aromatic rings. The molecular weight excluding hydrogens is 388 g/mol. The molecule has 9 heteroatoms. The van der Waals surface area contributed by atoms with Gasteiger partial charge in [0.2, 0.25) is 11.8 Å². The summed E-state index contributed by atoms with van der Waals surface area (Å²) in [5.41, 5.74) is 0.706. The highest BCUT2D eigenvalue weighted by atomic mass is 16.5. The standard InChI is InChI=1S/C21H32N4O5/c26-15-19-18(24-20(27)13-16-3-1-2-7-22-16)5-4-17(30-19)6-8-23-21(28)14-25-9-11-29-12-10-25/h1-3,7,17-19,26H,4-6,8-15H2,(H,23,28)(H,24,27)/t17-,18-,19-/m0/s1. The fourth-order valence-corrected chi connectivity index (χ4v) is 3.83. The van der Waals surface area contributed by atoms with Crippen LogP contribution in [0.3, 0.4) is 0 Å². The van der Waals surface area contributed by atoms with Gasteiger partial charge in [-0.15, -0.1) is 0 Å². The predicted octanol–water partition coefficient (Wildman–Crippen LogP) is -0.513. The van der Waals surface area contributed by atoms with Gasteiger partial charge in [0.05, 0.1) is 44.9 Å². The number of morpholine rings is 1. The summed E-state index contributed by atoms with van der Waals surface area (Å²) < 4.78 is 11.3. The number of amides is 2. The lowest BCUT2D eigenvalue weighted by Gasteiger charge is -2.36. The van der Waals surface area contributed by atoms with E-state index in [9.17, 15) is 14.7 Å². The Morgan fingerprint density at radius 2 is 2.03 bits per heavy atom. The Bertz CT molecular complexity index is 669. The molecule has 0 aromatic carbocycles. The van der Waals surface area contributed by atoms with Gasteiger partial charge in [0.25, 0.3) is 0 Å². The van der Waals surface area contributed by atoms with Crippen molar-refractivity contribution in [3.05, 3.63) is 30.1 Å². The van der Waals surface area contributed by atoms with E-state index in [1.54, 1.807) is 6.20 Å². The number of aliphatic hydroxyl groups is 1. The van der Waals surface area contributed by atoms with Gasteiger partial charge in [-0.1, -0.05) is 6.07 Å². The Labute approximate surface area is 177 Å². The van der Waals surface area contributed by atoms with E-state index < -0.39 is 6.10 Å². The number of nitrogens with zero attached hydrogens (tertiary/aromatic N) is 2. The molecule has 2 amide bonds. The van der Waals surface area contributed by atoms with Crippen LogP contribution in [0.5, 0.6) is 0 Å². The zero-order chi connectivity index (χ0) is 21.2. The molecule has 30 heavy (non-hydrogen) atoms. The maximum absolute atomic E-state index is 12.3. The number of ether oxygens (including phenoxy) is 2. The molecule has 0 radical (unpaired) electrons. The Morgan fingerprint density at radius 1 is 1.20 bits per heavy atom. The second-order valence-electron chi connectivity index (χ2n) is 7.76. The minimum absolute atomic E-state index is 0.00563. The van der Waals surface area contributed by atoms with Crippen molar-refractivity contribution >= 4 is 11.8 Å². The number of carbonyl (C=O) groups excluding carboxylic acids is 2. The van der Waals surface area contributed by atoms with Gasteiger partial charge in [0, 0.05) is 31.5 Å². The molecule has 2 saturated heterocycles. The van der Waals surface area contributed by atoms with Crippen molar-refractivity contribution in [1.82, 2.24) is 20.5 Å². The van der Waals surface area contributed by atoms with E-state index in [1.807, 2.05) is 18.2 Å². The highest BCUT2D eigenvalue weighted by Crippen LogP contribution is 2.21. The fraction of sp³-hybridized carbons (Fsp3) is 0.667. The Hall–Kier alpha value is -2.07. The van der Waals surface area contributed by atoms with Crippen molar-refractivity contribution in [3.8, 4) is 0 Å². The number of nitrogens with one attached hydrogen (secondary N) is 2. The molecule has 0 aliphatic carbocycles. The molecule has 2 fully saturated rings. The van der Waals surface area contributed by atoms with Crippen molar-refractivity contribution in [3.63, 3.8) is 0 Å². The van der Waals surface area contributed by atoms with Crippen LogP contribution in [0.25, 0.3) is 0 Å². The summed E-state index contributed by atoms with van der Waals surface area (Å²) in [6, 6.07) is 5.24. The molecular formula is C21H32N4O5. The molecule has 3 rings (SSSR count). The summed E-state index contributed by atoms with van der Waals surface area (Å²) in [5.74, 6) is -0.124. The minimum Gasteiger partial charge on any atom is -0.394 e. The van der Waals surface area contributed by atoms with Gasteiger partial charge < -0.3 is 25.2 Å². The van der Waals surface area contributed by atoms with E-state index in [0.717, 1.165) is 25.9 Å². The number of carbonyl (C=O) groups is 2. The van der Waals surface area contributed by atoms with Gasteiger partial charge in [-0.3, -0.25) is 19.5 Å². The third-order valence-electron chi connectivity index (χ3n) is 5.47. The first-order valence-corrected chi connectivity index (χ1v) is 10.7. The molecule has 2 aliphatic rings.